The Morgan fingerprint density at radius 2 is 1.59 bits per heavy atom. The van der Waals surface area contributed by atoms with Crippen LogP contribution in [0.5, 0.6) is 0 Å². The van der Waals surface area contributed by atoms with E-state index in [0.29, 0.717) is 11.3 Å². The van der Waals surface area contributed by atoms with E-state index in [0.717, 1.165) is 22.9 Å². The minimum Gasteiger partial charge on any atom is -0.322 e. The molecule has 0 aliphatic rings. The van der Waals surface area contributed by atoms with Crippen LogP contribution in [0.4, 0.5) is 15.8 Å². The number of amides is 1. The summed E-state index contributed by atoms with van der Waals surface area (Å²) in [5, 5.41) is 2.86. The first-order valence-corrected chi connectivity index (χ1v) is 10.4. The molecule has 0 saturated heterocycles. The van der Waals surface area contributed by atoms with Crippen LogP contribution < -0.4 is 10.0 Å². The van der Waals surface area contributed by atoms with Crippen LogP contribution in [0, 0.1) is 26.6 Å². The molecule has 5 nitrogen and oxygen atoms in total. The second-order valence-electron chi connectivity index (χ2n) is 6.80. The standard InChI is InChI=1S/C22H21FN2O3S/c1-14-5-4-6-21(16(14)3)24-22(26)17-7-9-18(10-8-17)25-29(27,28)19-11-12-20(23)15(2)13-19/h4-13,25H,1-3H3,(H,24,26). The van der Waals surface area contributed by atoms with Gasteiger partial charge in [0, 0.05) is 16.9 Å². The highest BCUT2D eigenvalue weighted by Crippen LogP contribution is 2.21. The first-order chi connectivity index (χ1) is 13.7. The Bertz CT molecular complexity index is 1170. The predicted molar refractivity (Wildman–Crippen MR) is 112 cm³/mol. The van der Waals surface area contributed by atoms with Gasteiger partial charge in [-0.15, -0.1) is 0 Å². The van der Waals surface area contributed by atoms with E-state index in [9.17, 15) is 17.6 Å². The summed E-state index contributed by atoms with van der Waals surface area (Å²) in [6.07, 6.45) is 0. The fourth-order valence-electron chi connectivity index (χ4n) is 2.77. The van der Waals surface area contributed by atoms with Crippen molar-refractivity contribution in [3.05, 3.63) is 88.7 Å². The maximum absolute atomic E-state index is 13.4. The third-order valence-electron chi connectivity index (χ3n) is 4.69. The Hall–Kier alpha value is -3.19. The van der Waals surface area contributed by atoms with Crippen molar-refractivity contribution in [2.24, 2.45) is 0 Å². The summed E-state index contributed by atoms with van der Waals surface area (Å²) in [7, 11) is -3.86. The molecule has 0 aromatic heterocycles. The monoisotopic (exact) mass is 412 g/mol. The molecule has 0 aliphatic carbocycles. The highest BCUT2D eigenvalue weighted by molar-refractivity contribution is 7.92. The van der Waals surface area contributed by atoms with Crippen LogP contribution >= 0.6 is 0 Å². The Kier molecular flexibility index (Phi) is 5.70. The quantitative estimate of drug-likeness (QED) is 0.632. The zero-order chi connectivity index (χ0) is 21.2. The number of carbonyl (C=O) groups excluding carboxylic acids is 1. The molecule has 0 aliphatic heterocycles. The first-order valence-electron chi connectivity index (χ1n) is 8.94. The molecule has 0 atom stereocenters. The van der Waals surface area contributed by atoms with E-state index in [1.165, 1.54) is 43.3 Å². The van der Waals surface area contributed by atoms with Crippen molar-refractivity contribution in [2.75, 3.05) is 10.0 Å². The van der Waals surface area contributed by atoms with E-state index >= 15 is 0 Å². The molecule has 1 amide bonds. The zero-order valence-electron chi connectivity index (χ0n) is 16.3. The summed E-state index contributed by atoms with van der Waals surface area (Å²) < 4.78 is 40.8. The fourth-order valence-corrected chi connectivity index (χ4v) is 3.91. The van der Waals surface area contributed by atoms with Gasteiger partial charge < -0.3 is 5.32 Å². The minimum atomic E-state index is -3.86. The average Bonchev–Trinajstić information content (AvgIpc) is 2.67. The molecule has 0 saturated carbocycles. The number of anilines is 2. The summed E-state index contributed by atoms with van der Waals surface area (Å²) >= 11 is 0. The molecular weight excluding hydrogens is 391 g/mol. The van der Waals surface area contributed by atoms with Crippen molar-refractivity contribution in [3.8, 4) is 0 Å². The summed E-state index contributed by atoms with van der Waals surface area (Å²) in [5.74, 6) is -0.759. The van der Waals surface area contributed by atoms with Crippen molar-refractivity contribution in [1.29, 1.82) is 0 Å². The molecule has 3 aromatic carbocycles. The number of carbonyl (C=O) groups is 1. The molecule has 3 rings (SSSR count). The third kappa shape index (κ3) is 4.63. The third-order valence-corrected chi connectivity index (χ3v) is 6.07. The van der Waals surface area contributed by atoms with Gasteiger partial charge in [-0.1, -0.05) is 12.1 Å². The second-order valence-corrected chi connectivity index (χ2v) is 8.48. The smallest absolute Gasteiger partial charge is 0.261 e. The molecule has 150 valence electrons. The van der Waals surface area contributed by atoms with Crippen molar-refractivity contribution >= 4 is 27.3 Å². The maximum Gasteiger partial charge on any atom is 0.261 e. The van der Waals surface area contributed by atoms with Crippen LogP contribution in [-0.4, -0.2) is 14.3 Å². The zero-order valence-corrected chi connectivity index (χ0v) is 17.1. The number of halogens is 1. The summed E-state index contributed by atoms with van der Waals surface area (Å²) in [5.41, 5.74) is 3.72. The van der Waals surface area contributed by atoms with Gasteiger partial charge in [-0.05, 0) is 86.0 Å². The number of hydrogen-bond donors (Lipinski definition) is 2. The lowest BCUT2D eigenvalue weighted by atomic mass is 10.1. The van der Waals surface area contributed by atoms with Gasteiger partial charge >= 0.3 is 0 Å². The van der Waals surface area contributed by atoms with E-state index in [2.05, 4.69) is 10.0 Å². The van der Waals surface area contributed by atoms with Crippen LogP contribution in [0.2, 0.25) is 0 Å². The van der Waals surface area contributed by atoms with E-state index < -0.39 is 15.8 Å². The number of benzene rings is 3. The molecule has 0 unspecified atom stereocenters. The van der Waals surface area contributed by atoms with Crippen molar-refractivity contribution in [2.45, 2.75) is 25.7 Å². The van der Waals surface area contributed by atoms with E-state index in [4.69, 9.17) is 0 Å². The molecule has 0 fully saturated rings. The Balaban J connectivity index is 1.75. The van der Waals surface area contributed by atoms with Crippen molar-refractivity contribution in [3.63, 3.8) is 0 Å². The minimum absolute atomic E-state index is 0.0341. The topological polar surface area (TPSA) is 75.3 Å². The van der Waals surface area contributed by atoms with Gasteiger partial charge in [0.15, 0.2) is 0 Å². The van der Waals surface area contributed by atoms with Gasteiger partial charge in [-0.3, -0.25) is 9.52 Å². The molecule has 3 aromatic rings. The Morgan fingerprint density at radius 3 is 2.24 bits per heavy atom. The van der Waals surface area contributed by atoms with E-state index in [1.54, 1.807) is 0 Å². The van der Waals surface area contributed by atoms with Crippen LogP contribution in [0.15, 0.2) is 65.6 Å². The molecule has 0 radical (unpaired) electrons. The first kappa shape index (κ1) is 20.5. The number of hydrogen-bond acceptors (Lipinski definition) is 3. The Morgan fingerprint density at radius 1 is 0.897 bits per heavy atom. The lowest BCUT2D eigenvalue weighted by Gasteiger charge is -2.12. The molecule has 0 bridgehead atoms. The fraction of sp³-hybridized carbons (Fsp3) is 0.136. The molecule has 29 heavy (non-hydrogen) atoms. The predicted octanol–water partition coefficient (Wildman–Crippen LogP) is 4.80. The Labute approximate surface area is 169 Å². The van der Waals surface area contributed by atoms with Crippen molar-refractivity contribution in [1.82, 2.24) is 0 Å². The van der Waals surface area contributed by atoms with Gasteiger partial charge in [0.25, 0.3) is 15.9 Å². The highest BCUT2D eigenvalue weighted by atomic mass is 32.2. The maximum atomic E-state index is 13.4. The summed E-state index contributed by atoms with van der Waals surface area (Å²) in [4.78, 5) is 12.4. The molecular formula is C22H21FN2O3S. The van der Waals surface area contributed by atoms with Crippen LogP contribution in [0.25, 0.3) is 0 Å². The summed E-state index contributed by atoms with van der Waals surface area (Å²) in [6.45, 7) is 5.40. The van der Waals surface area contributed by atoms with Gasteiger partial charge in [-0.25, -0.2) is 12.8 Å². The lowest BCUT2D eigenvalue weighted by Crippen LogP contribution is -2.15. The van der Waals surface area contributed by atoms with Crippen LogP contribution in [0.3, 0.4) is 0 Å². The van der Waals surface area contributed by atoms with Crippen molar-refractivity contribution < 1.29 is 17.6 Å². The normalized spacial score (nSPS) is 11.2. The van der Waals surface area contributed by atoms with Gasteiger partial charge in [-0.2, -0.15) is 0 Å². The van der Waals surface area contributed by atoms with E-state index in [-0.39, 0.29) is 16.4 Å². The lowest BCUT2D eigenvalue weighted by molar-refractivity contribution is 0.102. The molecule has 7 heteroatoms. The van der Waals surface area contributed by atoms with Crippen LogP contribution in [-0.2, 0) is 10.0 Å². The molecule has 0 spiro atoms. The number of nitrogens with one attached hydrogen (secondary N) is 2. The van der Waals surface area contributed by atoms with Gasteiger partial charge in [0.1, 0.15) is 5.82 Å². The SMILES string of the molecule is Cc1cc(S(=O)(=O)Nc2ccc(C(=O)Nc3cccc(C)c3C)cc2)ccc1F. The highest BCUT2D eigenvalue weighted by Gasteiger charge is 2.16. The second kappa shape index (κ2) is 8.05. The summed E-state index contributed by atoms with van der Waals surface area (Å²) in [6, 6.07) is 15.3. The molecule has 0 heterocycles. The van der Waals surface area contributed by atoms with Gasteiger partial charge in [0.05, 0.1) is 4.90 Å². The van der Waals surface area contributed by atoms with E-state index in [1.807, 2.05) is 32.0 Å². The van der Waals surface area contributed by atoms with Crippen LogP contribution in [0.1, 0.15) is 27.0 Å². The largest absolute Gasteiger partial charge is 0.322 e. The average molecular weight is 412 g/mol. The number of aryl methyl sites for hydroxylation is 2. The van der Waals surface area contributed by atoms with Gasteiger partial charge in [0.2, 0.25) is 0 Å². The number of rotatable bonds is 5. The number of sulfonamides is 1. The molecule has 2 N–H and O–H groups in total.